The van der Waals surface area contributed by atoms with Gasteiger partial charge in [0.1, 0.15) is 0 Å². The van der Waals surface area contributed by atoms with Gasteiger partial charge in [-0.05, 0) is 19.1 Å². The van der Waals surface area contributed by atoms with Crippen molar-refractivity contribution in [3.8, 4) is 11.4 Å². The number of carbonyl (C=O) groups excluding carboxylic acids is 1. The molecule has 27 heavy (non-hydrogen) atoms. The third-order valence-electron chi connectivity index (χ3n) is 3.93. The van der Waals surface area contributed by atoms with E-state index < -0.39 is 5.82 Å². The van der Waals surface area contributed by atoms with Gasteiger partial charge in [0, 0.05) is 38.3 Å². The first kappa shape index (κ1) is 18.5. The molecule has 8 heteroatoms. The van der Waals surface area contributed by atoms with Gasteiger partial charge in [0.15, 0.2) is 23.2 Å². The van der Waals surface area contributed by atoms with Crippen LogP contribution in [0.5, 0.6) is 0 Å². The van der Waals surface area contributed by atoms with Gasteiger partial charge >= 0.3 is 0 Å². The maximum atomic E-state index is 13.8. The van der Waals surface area contributed by atoms with Gasteiger partial charge in [-0.3, -0.25) is 4.79 Å². The van der Waals surface area contributed by atoms with E-state index in [2.05, 4.69) is 15.1 Å². The van der Waals surface area contributed by atoms with E-state index in [0.29, 0.717) is 29.3 Å². The monoisotopic (exact) mass is 369 g/mol. The summed E-state index contributed by atoms with van der Waals surface area (Å²) in [6.45, 7) is 2.13. The van der Waals surface area contributed by atoms with E-state index in [4.69, 9.17) is 4.52 Å². The van der Waals surface area contributed by atoms with Gasteiger partial charge in [-0.2, -0.15) is 0 Å². The Balaban J connectivity index is 1.84. The van der Waals surface area contributed by atoms with Crippen LogP contribution in [0.3, 0.4) is 0 Å². The molecule has 1 amide bonds. The van der Waals surface area contributed by atoms with E-state index in [1.165, 1.54) is 4.90 Å². The van der Waals surface area contributed by atoms with Gasteiger partial charge in [-0.25, -0.2) is 14.4 Å². The van der Waals surface area contributed by atoms with E-state index in [9.17, 15) is 9.18 Å². The van der Waals surface area contributed by atoms with E-state index in [0.717, 1.165) is 11.9 Å². The molecule has 0 bridgehead atoms. The molecule has 0 aliphatic heterocycles. The molecular weight excluding hydrogens is 349 g/mol. The molecule has 0 saturated heterocycles. The maximum absolute atomic E-state index is 13.8. The molecule has 7 nitrogen and oxygen atoms in total. The summed E-state index contributed by atoms with van der Waals surface area (Å²) in [7, 11) is 5.09. The highest BCUT2D eigenvalue weighted by Gasteiger charge is 2.16. The molecule has 2 aromatic heterocycles. The number of aryl methyl sites for hydroxylation is 1. The minimum Gasteiger partial charge on any atom is -0.360 e. The van der Waals surface area contributed by atoms with E-state index in [1.54, 1.807) is 56.4 Å². The fourth-order valence-electron chi connectivity index (χ4n) is 2.62. The van der Waals surface area contributed by atoms with Crippen LogP contribution in [0.25, 0.3) is 11.4 Å². The molecule has 2 heterocycles. The standard InChI is InChI=1S/C19H20FN5O2/c1-12-8-15(27-23-12)11-25(4)19(26)14-7-5-6-13(9-14)17-21-10-16(20)18(22-17)24(2)3/h5-10H,11H2,1-4H3. The Labute approximate surface area is 156 Å². The van der Waals surface area contributed by atoms with Gasteiger partial charge in [-0.15, -0.1) is 0 Å². The van der Waals surface area contributed by atoms with Crippen molar-refractivity contribution in [1.29, 1.82) is 0 Å². The van der Waals surface area contributed by atoms with Gasteiger partial charge in [0.05, 0.1) is 18.4 Å². The zero-order valence-electron chi connectivity index (χ0n) is 15.6. The van der Waals surface area contributed by atoms with Crippen molar-refractivity contribution in [2.24, 2.45) is 0 Å². The van der Waals surface area contributed by atoms with Crippen LogP contribution in [0.2, 0.25) is 0 Å². The summed E-state index contributed by atoms with van der Waals surface area (Å²) in [6.07, 6.45) is 1.13. The second-order valence-electron chi connectivity index (χ2n) is 6.44. The minimum absolute atomic E-state index is 0.180. The van der Waals surface area contributed by atoms with Crippen LogP contribution in [0.4, 0.5) is 10.2 Å². The number of aromatic nitrogens is 3. The van der Waals surface area contributed by atoms with Crippen LogP contribution in [-0.2, 0) is 6.54 Å². The lowest BCUT2D eigenvalue weighted by Crippen LogP contribution is -2.26. The van der Waals surface area contributed by atoms with Crippen LogP contribution in [-0.4, -0.2) is 47.1 Å². The summed E-state index contributed by atoms with van der Waals surface area (Å²) < 4.78 is 19.0. The average Bonchev–Trinajstić information content (AvgIpc) is 3.06. The lowest BCUT2D eigenvalue weighted by Gasteiger charge is -2.16. The Bertz CT molecular complexity index is 970. The van der Waals surface area contributed by atoms with Crippen molar-refractivity contribution in [1.82, 2.24) is 20.0 Å². The highest BCUT2D eigenvalue weighted by Crippen LogP contribution is 2.21. The first-order valence-corrected chi connectivity index (χ1v) is 8.33. The van der Waals surface area contributed by atoms with Crippen molar-refractivity contribution in [2.75, 3.05) is 26.0 Å². The van der Waals surface area contributed by atoms with Crippen LogP contribution in [0.1, 0.15) is 21.8 Å². The SMILES string of the molecule is Cc1cc(CN(C)C(=O)c2cccc(-c3ncc(F)c(N(C)C)n3)c2)on1. The number of nitrogens with zero attached hydrogens (tertiary/aromatic N) is 5. The topological polar surface area (TPSA) is 75.4 Å². The molecule has 0 N–H and O–H groups in total. The quantitative estimate of drug-likeness (QED) is 0.688. The smallest absolute Gasteiger partial charge is 0.254 e. The van der Waals surface area contributed by atoms with Gasteiger partial charge in [0.2, 0.25) is 0 Å². The van der Waals surface area contributed by atoms with Crippen LogP contribution in [0.15, 0.2) is 41.1 Å². The number of hydrogen-bond acceptors (Lipinski definition) is 6. The summed E-state index contributed by atoms with van der Waals surface area (Å²) in [4.78, 5) is 24.1. The number of halogens is 1. The van der Waals surface area contributed by atoms with Crippen molar-refractivity contribution < 1.29 is 13.7 Å². The number of rotatable bonds is 5. The molecule has 0 unspecified atom stereocenters. The third kappa shape index (κ3) is 4.11. The molecule has 0 saturated carbocycles. The van der Waals surface area contributed by atoms with E-state index in [-0.39, 0.29) is 11.7 Å². The Kier molecular flexibility index (Phi) is 5.16. The summed E-state index contributed by atoms with van der Waals surface area (Å²) in [5.74, 6) is 0.466. The second-order valence-corrected chi connectivity index (χ2v) is 6.44. The molecule has 0 spiro atoms. The molecule has 0 atom stereocenters. The number of anilines is 1. The maximum Gasteiger partial charge on any atom is 0.254 e. The van der Waals surface area contributed by atoms with Crippen molar-refractivity contribution in [2.45, 2.75) is 13.5 Å². The summed E-state index contributed by atoms with van der Waals surface area (Å²) >= 11 is 0. The van der Waals surface area contributed by atoms with Crippen LogP contribution < -0.4 is 4.90 Å². The highest BCUT2D eigenvalue weighted by atomic mass is 19.1. The Hall–Kier alpha value is -3.29. The predicted octanol–water partition coefficient (Wildman–Crippen LogP) is 2.92. The number of benzene rings is 1. The molecular formula is C19H20FN5O2. The van der Waals surface area contributed by atoms with Crippen molar-refractivity contribution >= 4 is 11.7 Å². The second kappa shape index (κ2) is 7.53. The zero-order valence-corrected chi connectivity index (χ0v) is 15.6. The normalized spacial score (nSPS) is 10.7. The molecule has 3 aromatic rings. The van der Waals surface area contributed by atoms with Gasteiger partial charge in [0.25, 0.3) is 5.91 Å². The first-order valence-electron chi connectivity index (χ1n) is 8.33. The average molecular weight is 369 g/mol. The fraction of sp³-hybridized carbons (Fsp3) is 0.263. The molecule has 3 rings (SSSR count). The Morgan fingerprint density at radius 1 is 1.22 bits per heavy atom. The van der Waals surface area contributed by atoms with Crippen molar-refractivity contribution in [3.63, 3.8) is 0 Å². The van der Waals surface area contributed by atoms with Gasteiger partial charge in [-0.1, -0.05) is 17.3 Å². The number of amides is 1. The third-order valence-corrected chi connectivity index (χ3v) is 3.93. The lowest BCUT2D eigenvalue weighted by atomic mass is 10.1. The molecule has 0 aliphatic rings. The minimum atomic E-state index is -0.502. The summed E-state index contributed by atoms with van der Waals surface area (Å²) in [5.41, 5.74) is 1.87. The highest BCUT2D eigenvalue weighted by molar-refractivity contribution is 5.95. The Morgan fingerprint density at radius 3 is 2.67 bits per heavy atom. The molecule has 140 valence electrons. The van der Waals surface area contributed by atoms with Crippen LogP contribution in [0, 0.1) is 12.7 Å². The zero-order chi connectivity index (χ0) is 19.6. The van der Waals surface area contributed by atoms with E-state index in [1.807, 2.05) is 6.92 Å². The molecule has 0 aliphatic carbocycles. The number of carbonyl (C=O) groups is 1. The molecule has 1 aromatic carbocycles. The summed E-state index contributed by atoms with van der Waals surface area (Å²) in [5, 5.41) is 3.82. The Morgan fingerprint density at radius 2 is 2.00 bits per heavy atom. The largest absolute Gasteiger partial charge is 0.360 e. The van der Waals surface area contributed by atoms with E-state index >= 15 is 0 Å². The first-order chi connectivity index (χ1) is 12.8. The van der Waals surface area contributed by atoms with Gasteiger partial charge < -0.3 is 14.3 Å². The van der Waals surface area contributed by atoms with Crippen LogP contribution >= 0.6 is 0 Å². The molecule has 0 radical (unpaired) electrons. The van der Waals surface area contributed by atoms with Crippen molar-refractivity contribution in [3.05, 3.63) is 59.4 Å². The lowest BCUT2D eigenvalue weighted by molar-refractivity contribution is 0.0772. The summed E-state index contributed by atoms with van der Waals surface area (Å²) in [6, 6.07) is 8.72. The predicted molar refractivity (Wildman–Crippen MR) is 98.8 cm³/mol. The molecule has 0 fully saturated rings. The fourth-order valence-corrected chi connectivity index (χ4v) is 2.62. The number of hydrogen-bond donors (Lipinski definition) is 0.